The van der Waals surface area contributed by atoms with Crippen molar-refractivity contribution < 1.29 is 4.79 Å². The van der Waals surface area contributed by atoms with Gasteiger partial charge in [-0.2, -0.15) is 0 Å². The van der Waals surface area contributed by atoms with Crippen LogP contribution in [0.1, 0.15) is 66.1 Å². The number of hydrogen-bond acceptors (Lipinski definition) is 4. The van der Waals surface area contributed by atoms with Gasteiger partial charge < -0.3 is 5.32 Å². The van der Waals surface area contributed by atoms with Crippen LogP contribution in [-0.4, -0.2) is 26.5 Å². The first kappa shape index (κ1) is 14.5. The summed E-state index contributed by atoms with van der Waals surface area (Å²) in [6.45, 7) is 3.88. The highest BCUT2D eigenvalue weighted by atomic mass is 32.1. The summed E-state index contributed by atoms with van der Waals surface area (Å²) in [5.41, 5.74) is 0.945. The molecule has 5 nitrogen and oxygen atoms in total. The molecule has 21 heavy (non-hydrogen) atoms. The molecule has 0 unspecified atom stereocenters. The monoisotopic (exact) mass is 306 g/mol. The molecule has 0 spiro atoms. The quantitative estimate of drug-likeness (QED) is 0.926. The fraction of sp³-hybridized carbons (Fsp3) is 0.667. The summed E-state index contributed by atoms with van der Waals surface area (Å²) in [7, 11) is 0. The average molecular weight is 306 g/mol. The number of rotatable bonds is 2. The van der Waals surface area contributed by atoms with Crippen molar-refractivity contribution in [1.82, 2.24) is 19.9 Å². The molecule has 0 bridgehead atoms. The maximum absolute atomic E-state index is 12.5. The first-order chi connectivity index (χ1) is 10.2. The van der Waals surface area contributed by atoms with Gasteiger partial charge in [-0.3, -0.25) is 9.20 Å². The van der Waals surface area contributed by atoms with Gasteiger partial charge in [0.25, 0.3) is 5.91 Å². The molecule has 6 heteroatoms. The van der Waals surface area contributed by atoms with Crippen LogP contribution in [0, 0.1) is 13.8 Å². The molecule has 2 aromatic heterocycles. The number of fused-ring (bicyclic) bond motifs is 1. The topological polar surface area (TPSA) is 59.3 Å². The molecule has 1 aliphatic rings. The Morgan fingerprint density at radius 2 is 1.81 bits per heavy atom. The number of amides is 1. The zero-order valence-corrected chi connectivity index (χ0v) is 13.5. The van der Waals surface area contributed by atoms with Gasteiger partial charge in [-0.25, -0.2) is 0 Å². The van der Waals surface area contributed by atoms with Crippen molar-refractivity contribution in [2.45, 2.75) is 64.8 Å². The van der Waals surface area contributed by atoms with Crippen LogP contribution >= 0.6 is 11.3 Å². The molecule has 2 heterocycles. The molecular formula is C15H22N4OS. The van der Waals surface area contributed by atoms with Crippen LogP contribution in [0.15, 0.2) is 0 Å². The summed E-state index contributed by atoms with van der Waals surface area (Å²) in [5.74, 6) is 0.886. The number of aryl methyl sites for hydroxylation is 2. The standard InChI is InChI=1S/C15H22N4OS/c1-10-13(21-15-18-17-11(2)19(10)15)14(20)16-12-8-6-4-3-5-7-9-12/h12H,3-9H2,1-2H3,(H,16,20). The van der Waals surface area contributed by atoms with Crippen LogP contribution < -0.4 is 5.32 Å². The molecule has 2 aromatic rings. The van der Waals surface area contributed by atoms with Crippen LogP contribution in [0.4, 0.5) is 0 Å². The lowest BCUT2D eigenvalue weighted by Crippen LogP contribution is -2.35. The predicted octanol–water partition coefficient (Wildman–Crippen LogP) is 3.25. The van der Waals surface area contributed by atoms with Gasteiger partial charge >= 0.3 is 0 Å². The summed E-state index contributed by atoms with van der Waals surface area (Å²) in [6.07, 6.45) is 8.59. The number of hydrogen-bond donors (Lipinski definition) is 1. The van der Waals surface area contributed by atoms with Gasteiger partial charge in [0.05, 0.1) is 0 Å². The lowest BCUT2D eigenvalue weighted by atomic mass is 9.97. The minimum absolute atomic E-state index is 0.0490. The number of nitrogens with one attached hydrogen (secondary N) is 1. The molecule has 0 radical (unpaired) electrons. The summed E-state index contributed by atoms with van der Waals surface area (Å²) < 4.78 is 1.96. The molecule has 1 fully saturated rings. The Balaban J connectivity index is 1.75. The normalized spacial score (nSPS) is 17.6. The third kappa shape index (κ3) is 2.95. The van der Waals surface area contributed by atoms with Gasteiger partial charge in [-0.05, 0) is 26.7 Å². The molecule has 0 saturated heterocycles. The molecule has 0 aliphatic heterocycles. The zero-order valence-electron chi connectivity index (χ0n) is 12.7. The Morgan fingerprint density at radius 3 is 2.48 bits per heavy atom. The van der Waals surface area contributed by atoms with Crippen molar-refractivity contribution in [3.63, 3.8) is 0 Å². The Morgan fingerprint density at radius 1 is 1.14 bits per heavy atom. The van der Waals surface area contributed by atoms with E-state index >= 15 is 0 Å². The number of carbonyl (C=O) groups is 1. The summed E-state index contributed by atoms with van der Waals surface area (Å²) in [4.78, 5) is 14.1. The van der Waals surface area contributed by atoms with Gasteiger partial charge in [0, 0.05) is 11.7 Å². The SMILES string of the molecule is Cc1nnc2sc(C(=O)NC3CCCCCCC3)c(C)n12. The average Bonchev–Trinajstić information content (AvgIpc) is 2.94. The van der Waals surface area contributed by atoms with Gasteiger partial charge in [-0.15, -0.1) is 10.2 Å². The molecule has 0 aromatic carbocycles. The van der Waals surface area contributed by atoms with Crippen LogP contribution in [0.5, 0.6) is 0 Å². The Bertz CT molecular complexity index is 637. The van der Waals surface area contributed by atoms with E-state index in [9.17, 15) is 4.79 Å². The van der Waals surface area contributed by atoms with Gasteiger partial charge in [0.15, 0.2) is 0 Å². The van der Waals surface area contributed by atoms with E-state index in [0.717, 1.165) is 34.2 Å². The second kappa shape index (κ2) is 6.13. The van der Waals surface area contributed by atoms with Crippen molar-refractivity contribution >= 4 is 22.2 Å². The zero-order chi connectivity index (χ0) is 14.8. The molecule has 1 saturated carbocycles. The summed E-state index contributed by atoms with van der Waals surface area (Å²) >= 11 is 1.43. The molecule has 0 atom stereocenters. The van der Waals surface area contributed by atoms with E-state index < -0.39 is 0 Å². The maximum Gasteiger partial charge on any atom is 0.263 e. The molecule has 3 rings (SSSR count). The number of thiazole rings is 1. The lowest BCUT2D eigenvalue weighted by molar-refractivity contribution is 0.0933. The third-order valence-electron chi connectivity index (χ3n) is 4.30. The first-order valence-corrected chi connectivity index (χ1v) is 8.60. The highest BCUT2D eigenvalue weighted by Gasteiger charge is 2.21. The second-order valence-electron chi connectivity index (χ2n) is 5.90. The largest absolute Gasteiger partial charge is 0.349 e. The Kier molecular flexibility index (Phi) is 4.24. The summed E-state index contributed by atoms with van der Waals surface area (Å²) in [6, 6.07) is 0.325. The molecule has 1 aliphatic carbocycles. The van der Waals surface area contributed by atoms with Crippen molar-refractivity contribution in [1.29, 1.82) is 0 Å². The first-order valence-electron chi connectivity index (χ1n) is 7.79. The molecule has 1 amide bonds. The van der Waals surface area contributed by atoms with E-state index in [4.69, 9.17) is 0 Å². The number of nitrogens with zero attached hydrogens (tertiary/aromatic N) is 3. The maximum atomic E-state index is 12.5. The van der Waals surface area contributed by atoms with E-state index in [0.29, 0.717) is 6.04 Å². The van der Waals surface area contributed by atoms with E-state index in [-0.39, 0.29) is 5.91 Å². The highest BCUT2D eigenvalue weighted by molar-refractivity contribution is 7.19. The van der Waals surface area contributed by atoms with Gasteiger partial charge in [0.2, 0.25) is 4.96 Å². The molecular weight excluding hydrogens is 284 g/mol. The van der Waals surface area contributed by atoms with Crippen LogP contribution in [0.2, 0.25) is 0 Å². The van der Waals surface area contributed by atoms with Crippen molar-refractivity contribution in [2.75, 3.05) is 0 Å². The van der Waals surface area contributed by atoms with Crippen molar-refractivity contribution in [3.8, 4) is 0 Å². The smallest absolute Gasteiger partial charge is 0.263 e. The minimum atomic E-state index is 0.0490. The van der Waals surface area contributed by atoms with Crippen molar-refractivity contribution in [2.24, 2.45) is 0 Å². The van der Waals surface area contributed by atoms with E-state index in [1.165, 1.54) is 43.4 Å². The molecule has 1 N–H and O–H groups in total. The number of carbonyl (C=O) groups excluding carboxylic acids is 1. The third-order valence-corrected chi connectivity index (χ3v) is 5.43. The highest BCUT2D eigenvalue weighted by Crippen LogP contribution is 2.23. The van der Waals surface area contributed by atoms with E-state index in [1.54, 1.807) is 0 Å². The molecule has 114 valence electrons. The van der Waals surface area contributed by atoms with Gasteiger partial charge in [-0.1, -0.05) is 43.4 Å². The Hall–Kier alpha value is -1.43. The lowest BCUT2D eigenvalue weighted by Gasteiger charge is -2.20. The second-order valence-corrected chi connectivity index (χ2v) is 6.87. The van der Waals surface area contributed by atoms with E-state index in [2.05, 4.69) is 15.5 Å². The van der Waals surface area contributed by atoms with Crippen LogP contribution in [0.25, 0.3) is 4.96 Å². The van der Waals surface area contributed by atoms with Gasteiger partial charge in [0.1, 0.15) is 10.7 Å². The number of aromatic nitrogens is 3. The predicted molar refractivity (Wildman–Crippen MR) is 83.9 cm³/mol. The fourth-order valence-corrected chi connectivity index (χ4v) is 4.14. The van der Waals surface area contributed by atoms with E-state index in [1.807, 2.05) is 18.2 Å². The minimum Gasteiger partial charge on any atom is -0.349 e. The summed E-state index contributed by atoms with van der Waals surface area (Å²) in [5, 5.41) is 11.4. The fourth-order valence-electron chi connectivity index (χ4n) is 3.12. The van der Waals surface area contributed by atoms with Crippen LogP contribution in [0.3, 0.4) is 0 Å². The van der Waals surface area contributed by atoms with Crippen molar-refractivity contribution in [3.05, 3.63) is 16.4 Å². The Labute approximate surface area is 128 Å². The van der Waals surface area contributed by atoms with Crippen LogP contribution in [-0.2, 0) is 0 Å².